The van der Waals surface area contributed by atoms with Crippen LogP contribution >= 0.6 is 0 Å². The average Bonchev–Trinajstić information content (AvgIpc) is 2.84. The molecule has 0 aliphatic heterocycles. The second-order valence-electron chi connectivity index (χ2n) is 10.8. The van der Waals surface area contributed by atoms with Crippen molar-refractivity contribution in [3.05, 3.63) is 64.7 Å². The Balaban J connectivity index is 1.74. The molecule has 8 heteroatoms. The fraction of sp³-hybridized carbons (Fsp3) is 0.533. The molecule has 0 radical (unpaired) electrons. The van der Waals surface area contributed by atoms with E-state index < -0.39 is 16.1 Å². The standard InChI is InChI=1S/C30H43N3O4S/c1-22-18-23(2)20-28(19-22)33(38(5,36)37)17-11-16-29(34)32(21-26-13-10-9-12-24(26)3)25(4)30(35)31-27-14-7-6-8-15-27/h9-10,12-13,18-20,25,27H,6-8,11,14-17,21H2,1-5H3,(H,31,35)/t25-/m1/s1. The second kappa shape index (κ2) is 13.3. The molecule has 1 fully saturated rings. The number of hydrogen-bond acceptors (Lipinski definition) is 4. The number of aryl methyl sites for hydroxylation is 3. The third-order valence-electron chi connectivity index (χ3n) is 7.37. The maximum Gasteiger partial charge on any atom is 0.242 e. The molecule has 0 bridgehead atoms. The molecule has 1 N–H and O–H groups in total. The van der Waals surface area contributed by atoms with Gasteiger partial charge in [0.2, 0.25) is 21.8 Å². The number of benzene rings is 2. The Bertz CT molecular complexity index is 1200. The summed E-state index contributed by atoms with van der Waals surface area (Å²) in [5.41, 5.74) is 4.61. The molecular formula is C30H43N3O4S. The maximum atomic E-state index is 13.6. The van der Waals surface area contributed by atoms with Crippen molar-refractivity contribution in [3.8, 4) is 0 Å². The number of carbonyl (C=O) groups is 2. The van der Waals surface area contributed by atoms with Crippen LogP contribution in [0, 0.1) is 20.8 Å². The van der Waals surface area contributed by atoms with Crippen LogP contribution in [-0.2, 0) is 26.2 Å². The first-order valence-corrected chi connectivity index (χ1v) is 15.5. The SMILES string of the molecule is Cc1cc(C)cc(N(CCCC(=O)N(Cc2ccccc2C)[C@H](C)C(=O)NC2CCCCC2)S(C)(=O)=O)c1. The molecule has 38 heavy (non-hydrogen) atoms. The summed E-state index contributed by atoms with van der Waals surface area (Å²) in [6, 6.07) is 13.1. The zero-order valence-electron chi connectivity index (χ0n) is 23.5. The molecule has 208 valence electrons. The van der Waals surface area contributed by atoms with Crippen LogP contribution < -0.4 is 9.62 Å². The van der Waals surface area contributed by atoms with Crippen LogP contribution in [0.15, 0.2) is 42.5 Å². The lowest BCUT2D eigenvalue weighted by atomic mass is 9.95. The predicted octanol–water partition coefficient (Wildman–Crippen LogP) is 5.02. The number of sulfonamides is 1. The predicted molar refractivity (Wildman–Crippen MR) is 154 cm³/mol. The summed E-state index contributed by atoms with van der Waals surface area (Å²) >= 11 is 0. The summed E-state index contributed by atoms with van der Waals surface area (Å²) in [4.78, 5) is 28.4. The number of amides is 2. The molecule has 1 saturated carbocycles. The van der Waals surface area contributed by atoms with Gasteiger partial charge in [0.15, 0.2) is 0 Å². The molecule has 0 aromatic heterocycles. The van der Waals surface area contributed by atoms with Gasteiger partial charge in [-0.3, -0.25) is 13.9 Å². The Kier molecular flexibility index (Phi) is 10.4. The Hall–Kier alpha value is -2.87. The molecule has 0 saturated heterocycles. The lowest BCUT2D eigenvalue weighted by molar-refractivity contribution is -0.141. The first kappa shape index (κ1) is 29.7. The van der Waals surface area contributed by atoms with Gasteiger partial charge < -0.3 is 10.2 Å². The summed E-state index contributed by atoms with van der Waals surface area (Å²) in [5.74, 6) is -0.291. The molecule has 0 unspecified atom stereocenters. The molecular weight excluding hydrogens is 498 g/mol. The van der Waals surface area contributed by atoms with E-state index in [1.54, 1.807) is 11.8 Å². The van der Waals surface area contributed by atoms with Crippen molar-refractivity contribution in [1.29, 1.82) is 0 Å². The van der Waals surface area contributed by atoms with Crippen molar-refractivity contribution in [3.63, 3.8) is 0 Å². The summed E-state index contributed by atoms with van der Waals surface area (Å²) in [6.07, 6.45) is 7.06. The Morgan fingerprint density at radius 2 is 1.63 bits per heavy atom. The van der Waals surface area contributed by atoms with Gasteiger partial charge in [0, 0.05) is 25.6 Å². The molecule has 2 aromatic carbocycles. The number of nitrogens with zero attached hydrogens (tertiary/aromatic N) is 2. The van der Waals surface area contributed by atoms with Crippen LogP contribution in [0.3, 0.4) is 0 Å². The molecule has 0 heterocycles. The van der Waals surface area contributed by atoms with Crippen molar-refractivity contribution >= 4 is 27.5 Å². The van der Waals surface area contributed by atoms with Crippen LogP contribution in [0.2, 0.25) is 0 Å². The molecule has 0 spiro atoms. The fourth-order valence-corrected chi connectivity index (χ4v) is 6.17. The minimum atomic E-state index is -3.53. The van der Waals surface area contributed by atoms with E-state index in [0.717, 1.165) is 47.9 Å². The molecule has 2 aromatic rings. The second-order valence-corrected chi connectivity index (χ2v) is 12.7. The summed E-state index contributed by atoms with van der Waals surface area (Å²) < 4.78 is 26.6. The largest absolute Gasteiger partial charge is 0.352 e. The monoisotopic (exact) mass is 541 g/mol. The van der Waals surface area contributed by atoms with Gasteiger partial charge >= 0.3 is 0 Å². The van der Waals surface area contributed by atoms with Crippen LogP contribution in [0.5, 0.6) is 0 Å². The zero-order chi connectivity index (χ0) is 27.9. The van der Waals surface area contributed by atoms with E-state index in [2.05, 4.69) is 5.32 Å². The van der Waals surface area contributed by atoms with Crippen molar-refractivity contribution in [2.24, 2.45) is 0 Å². The van der Waals surface area contributed by atoms with Crippen LogP contribution in [0.1, 0.15) is 74.1 Å². The minimum absolute atomic E-state index is 0.133. The fourth-order valence-electron chi connectivity index (χ4n) is 5.22. The first-order valence-electron chi connectivity index (χ1n) is 13.7. The van der Waals surface area contributed by atoms with Gasteiger partial charge in [0.05, 0.1) is 11.9 Å². The molecule has 1 aliphatic rings. The zero-order valence-corrected chi connectivity index (χ0v) is 24.3. The normalized spacial score (nSPS) is 15.1. The van der Waals surface area contributed by atoms with Crippen molar-refractivity contribution in [1.82, 2.24) is 10.2 Å². The van der Waals surface area contributed by atoms with Gasteiger partial charge in [-0.05, 0) is 81.3 Å². The molecule has 1 atom stereocenters. The van der Waals surface area contributed by atoms with Gasteiger partial charge in [0.25, 0.3) is 0 Å². The summed E-state index contributed by atoms with van der Waals surface area (Å²) in [6.45, 7) is 8.17. The lowest BCUT2D eigenvalue weighted by Crippen LogP contribution is -2.50. The number of rotatable bonds is 11. The number of anilines is 1. The Morgan fingerprint density at radius 3 is 2.24 bits per heavy atom. The minimum Gasteiger partial charge on any atom is -0.352 e. The van der Waals surface area contributed by atoms with Gasteiger partial charge in [-0.1, -0.05) is 49.6 Å². The van der Waals surface area contributed by atoms with E-state index in [-0.39, 0.29) is 30.8 Å². The van der Waals surface area contributed by atoms with E-state index in [1.165, 1.54) is 17.0 Å². The van der Waals surface area contributed by atoms with E-state index in [4.69, 9.17) is 0 Å². The average molecular weight is 542 g/mol. The van der Waals surface area contributed by atoms with Crippen molar-refractivity contribution < 1.29 is 18.0 Å². The maximum absolute atomic E-state index is 13.6. The van der Waals surface area contributed by atoms with Gasteiger partial charge in [-0.15, -0.1) is 0 Å². The Morgan fingerprint density at radius 1 is 1.00 bits per heavy atom. The van der Waals surface area contributed by atoms with Crippen molar-refractivity contribution in [2.75, 3.05) is 17.1 Å². The number of nitrogens with one attached hydrogen (secondary N) is 1. The third kappa shape index (κ3) is 8.32. The highest BCUT2D eigenvalue weighted by Crippen LogP contribution is 2.23. The van der Waals surface area contributed by atoms with E-state index >= 15 is 0 Å². The van der Waals surface area contributed by atoms with Crippen molar-refractivity contribution in [2.45, 2.75) is 91.3 Å². The summed E-state index contributed by atoms with van der Waals surface area (Å²) in [7, 11) is -3.53. The summed E-state index contributed by atoms with van der Waals surface area (Å²) in [5, 5.41) is 3.16. The lowest BCUT2D eigenvalue weighted by Gasteiger charge is -2.32. The van der Waals surface area contributed by atoms with Gasteiger partial charge in [-0.25, -0.2) is 8.42 Å². The number of carbonyl (C=O) groups excluding carboxylic acids is 2. The smallest absolute Gasteiger partial charge is 0.242 e. The molecule has 3 rings (SSSR count). The van der Waals surface area contributed by atoms with E-state index in [9.17, 15) is 18.0 Å². The highest BCUT2D eigenvalue weighted by atomic mass is 32.2. The molecule has 2 amide bonds. The Labute approximate surface area is 228 Å². The highest BCUT2D eigenvalue weighted by Gasteiger charge is 2.28. The molecule has 1 aliphatic carbocycles. The topological polar surface area (TPSA) is 86.8 Å². The van der Waals surface area contributed by atoms with E-state index in [0.29, 0.717) is 18.7 Å². The first-order chi connectivity index (χ1) is 18.0. The van der Waals surface area contributed by atoms with Gasteiger partial charge in [0.1, 0.15) is 6.04 Å². The third-order valence-corrected chi connectivity index (χ3v) is 8.56. The number of hydrogen-bond donors (Lipinski definition) is 1. The highest BCUT2D eigenvalue weighted by molar-refractivity contribution is 7.92. The van der Waals surface area contributed by atoms with Crippen LogP contribution in [-0.4, -0.2) is 50.0 Å². The van der Waals surface area contributed by atoms with Gasteiger partial charge in [-0.2, -0.15) is 0 Å². The van der Waals surface area contributed by atoms with E-state index in [1.807, 2.05) is 63.2 Å². The quantitative estimate of drug-likeness (QED) is 0.433. The van der Waals surface area contributed by atoms with Crippen LogP contribution in [0.4, 0.5) is 5.69 Å². The molecule has 7 nitrogen and oxygen atoms in total. The van der Waals surface area contributed by atoms with Crippen LogP contribution in [0.25, 0.3) is 0 Å².